The van der Waals surface area contributed by atoms with E-state index in [0.717, 1.165) is 17.8 Å². The van der Waals surface area contributed by atoms with E-state index in [1.165, 1.54) is 62.8 Å². The molecule has 4 aliphatic rings. The molecule has 5 rings (SSSR count). The summed E-state index contributed by atoms with van der Waals surface area (Å²) in [5, 5.41) is 16.7. The maximum absolute atomic E-state index is 12.8. The van der Waals surface area contributed by atoms with Gasteiger partial charge in [-0.05, 0) is 81.6 Å². The van der Waals surface area contributed by atoms with Crippen molar-refractivity contribution in [2.45, 2.75) is 64.5 Å². The Morgan fingerprint density at radius 1 is 1.07 bits per heavy atom. The lowest BCUT2D eigenvalue weighted by atomic mass is 9.48. The van der Waals surface area contributed by atoms with Gasteiger partial charge < -0.3 is 10.6 Å². The van der Waals surface area contributed by atoms with E-state index < -0.39 is 16.9 Å². The summed E-state index contributed by atoms with van der Waals surface area (Å²) in [6.45, 7) is 3.76. The van der Waals surface area contributed by atoms with Gasteiger partial charge >= 0.3 is 0 Å². The van der Waals surface area contributed by atoms with Crippen LogP contribution in [0.4, 0.5) is 5.69 Å². The van der Waals surface area contributed by atoms with Gasteiger partial charge in [0.1, 0.15) is 6.04 Å². The van der Waals surface area contributed by atoms with Gasteiger partial charge in [-0.15, -0.1) is 0 Å². The zero-order valence-electron chi connectivity index (χ0n) is 17.0. The highest BCUT2D eigenvalue weighted by molar-refractivity contribution is 5.97. The molecule has 4 saturated carbocycles. The van der Waals surface area contributed by atoms with Crippen LogP contribution in [0.3, 0.4) is 0 Å². The van der Waals surface area contributed by atoms with E-state index in [2.05, 4.69) is 17.6 Å². The molecule has 4 aliphatic carbocycles. The lowest BCUT2D eigenvalue weighted by Crippen LogP contribution is -2.58. The van der Waals surface area contributed by atoms with E-state index in [1.807, 2.05) is 0 Å². The summed E-state index contributed by atoms with van der Waals surface area (Å²) < 4.78 is 0. The number of nitrogens with zero attached hydrogens (tertiary/aromatic N) is 1. The molecule has 0 spiro atoms. The monoisotopic (exact) mass is 399 g/mol. The summed E-state index contributed by atoms with van der Waals surface area (Å²) in [6.07, 6.45) is 7.68. The van der Waals surface area contributed by atoms with Gasteiger partial charge in [0, 0.05) is 23.7 Å². The highest BCUT2D eigenvalue weighted by Crippen LogP contribution is 2.61. The summed E-state index contributed by atoms with van der Waals surface area (Å²) in [4.78, 5) is 35.5. The molecule has 0 aliphatic heterocycles. The lowest BCUT2D eigenvalue weighted by molar-refractivity contribution is -0.384. The second-order valence-corrected chi connectivity index (χ2v) is 9.51. The molecule has 156 valence electrons. The molecular formula is C22H29N3O4. The fraction of sp³-hybridized carbons (Fsp3) is 0.636. The van der Waals surface area contributed by atoms with Crippen LogP contribution in [0.15, 0.2) is 24.3 Å². The van der Waals surface area contributed by atoms with Crippen LogP contribution in [-0.4, -0.2) is 28.8 Å². The predicted octanol–water partition coefficient (Wildman–Crippen LogP) is 3.43. The van der Waals surface area contributed by atoms with Crippen LogP contribution in [0, 0.1) is 33.3 Å². The Labute approximate surface area is 170 Å². The zero-order chi connectivity index (χ0) is 20.8. The first-order chi connectivity index (χ1) is 13.8. The van der Waals surface area contributed by atoms with Crippen LogP contribution in [0.25, 0.3) is 0 Å². The minimum Gasteiger partial charge on any atom is -0.351 e. The Hall–Kier alpha value is -2.44. The van der Waals surface area contributed by atoms with Crippen LogP contribution in [-0.2, 0) is 4.79 Å². The average Bonchev–Trinajstić information content (AvgIpc) is 2.66. The molecule has 0 aromatic heterocycles. The third-order valence-electron chi connectivity index (χ3n) is 7.42. The number of non-ortho nitro benzene ring substituents is 1. The van der Waals surface area contributed by atoms with Crippen molar-refractivity contribution in [3.8, 4) is 0 Å². The van der Waals surface area contributed by atoms with Crippen molar-refractivity contribution < 1.29 is 14.5 Å². The van der Waals surface area contributed by atoms with Gasteiger partial charge in [-0.1, -0.05) is 6.07 Å². The Morgan fingerprint density at radius 2 is 1.66 bits per heavy atom. The lowest BCUT2D eigenvalue weighted by Gasteiger charge is -2.59. The fourth-order valence-corrected chi connectivity index (χ4v) is 6.31. The van der Waals surface area contributed by atoms with Gasteiger partial charge in [-0.3, -0.25) is 19.7 Å². The smallest absolute Gasteiger partial charge is 0.270 e. The van der Waals surface area contributed by atoms with Crippen LogP contribution in [0.5, 0.6) is 0 Å². The van der Waals surface area contributed by atoms with Crippen molar-refractivity contribution in [1.29, 1.82) is 0 Å². The first-order valence-electron chi connectivity index (χ1n) is 10.6. The largest absolute Gasteiger partial charge is 0.351 e. The molecule has 0 radical (unpaired) electrons. The third-order valence-corrected chi connectivity index (χ3v) is 7.42. The van der Waals surface area contributed by atoms with Crippen LogP contribution in [0.1, 0.15) is 62.7 Å². The number of nitro benzene ring substituents is 1. The van der Waals surface area contributed by atoms with E-state index in [0.29, 0.717) is 0 Å². The minimum absolute atomic E-state index is 0.0839. The number of nitrogens with one attached hydrogen (secondary N) is 2. The Bertz CT molecular complexity index is 802. The van der Waals surface area contributed by atoms with Crippen molar-refractivity contribution in [3.05, 3.63) is 39.9 Å². The molecule has 4 fully saturated rings. The summed E-state index contributed by atoms with van der Waals surface area (Å²) in [5.74, 6) is 1.75. The molecule has 2 N–H and O–H groups in total. The van der Waals surface area contributed by atoms with Crippen LogP contribution >= 0.6 is 0 Å². The highest BCUT2D eigenvalue weighted by Gasteiger charge is 2.53. The van der Waals surface area contributed by atoms with Crippen LogP contribution in [0.2, 0.25) is 0 Å². The van der Waals surface area contributed by atoms with Crippen molar-refractivity contribution >= 4 is 17.5 Å². The minimum atomic E-state index is -0.710. The first-order valence-corrected chi connectivity index (χ1v) is 10.6. The van der Waals surface area contributed by atoms with Crippen molar-refractivity contribution in [1.82, 2.24) is 10.6 Å². The number of carbonyl (C=O) groups is 2. The Morgan fingerprint density at radius 3 is 2.21 bits per heavy atom. The molecule has 7 heteroatoms. The van der Waals surface area contributed by atoms with Gasteiger partial charge in [-0.2, -0.15) is 0 Å². The number of carbonyl (C=O) groups excluding carboxylic acids is 2. The van der Waals surface area contributed by atoms with E-state index in [-0.39, 0.29) is 28.6 Å². The third kappa shape index (κ3) is 3.87. The van der Waals surface area contributed by atoms with Gasteiger partial charge in [0.25, 0.3) is 11.6 Å². The summed E-state index contributed by atoms with van der Waals surface area (Å²) in [6, 6.07) is 4.90. The Balaban J connectivity index is 1.36. The maximum Gasteiger partial charge on any atom is 0.270 e. The predicted molar refractivity (Wildman–Crippen MR) is 108 cm³/mol. The van der Waals surface area contributed by atoms with Gasteiger partial charge in [0.05, 0.1) is 4.92 Å². The Kier molecular flexibility index (Phi) is 5.09. The van der Waals surface area contributed by atoms with Crippen molar-refractivity contribution in [2.24, 2.45) is 23.2 Å². The molecule has 0 unspecified atom stereocenters. The average molecular weight is 399 g/mol. The van der Waals surface area contributed by atoms with Crippen molar-refractivity contribution in [2.75, 3.05) is 0 Å². The summed E-state index contributed by atoms with van der Waals surface area (Å²) in [7, 11) is 0. The SMILES string of the molecule is C[C@H](NC(=O)c1cccc([N+](=O)[O-])c1)C(=O)N[C@H](C)C12CC3CC(CC(C3)C1)C2. The van der Waals surface area contributed by atoms with Crippen LogP contribution < -0.4 is 10.6 Å². The molecule has 4 bridgehead atoms. The molecule has 1 aromatic rings. The number of rotatable bonds is 6. The number of hydrogen-bond donors (Lipinski definition) is 2. The zero-order valence-corrected chi connectivity index (χ0v) is 17.0. The quantitative estimate of drug-likeness (QED) is 0.565. The normalized spacial score (nSPS) is 31.7. The summed E-state index contributed by atoms with van der Waals surface area (Å²) in [5.41, 5.74) is 0.229. The van der Waals surface area contributed by atoms with Gasteiger partial charge in [-0.25, -0.2) is 0 Å². The molecule has 0 saturated heterocycles. The molecule has 2 amide bonds. The standard InChI is InChI=1S/C22H29N3O4/c1-13(23-21(27)18-4-3-5-19(9-18)25(28)29)20(26)24-14(2)22-10-15-6-16(11-22)8-17(7-15)12-22/h3-5,9,13-17H,6-8,10-12H2,1-2H3,(H,23,27)(H,24,26)/t13-,14+,15?,16?,17?,22?/m0/s1. The maximum atomic E-state index is 12.8. The van der Waals surface area contributed by atoms with Gasteiger partial charge in [0.2, 0.25) is 5.91 Å². The number of hydrogen-bond acceptors (Lipinski definition) is 4. The first kappa shape index (κ1) is 19.9. The van der Waals surface area contributed by atoms with E-state index in [1.54, 1.807) is 6.92 Å². The molecule has 7 nitrogen and oxygen atoms in total. The second kappa shape index (κ2) is 7.43. The second-order valence-electron chi connectivity index (χ2n) is 9.51. The highest BCUT2D eigenvalue weighted by atomic mass is 16.6. The van der Waals surface area contributed by atoms with Gasteiger partial charge in [0.15, 0.2) is 0 Å². The van der Waals surface area contributed by atoms with Crippen molar-refractivity contribution in [3.63, 3.8) is 0 Å². The topological polar surface area (TPSA) is 101 Å². The number of benzene rings is 1. The number of amides is 2. The van der Waals surface area contributed by atoms with E-state index >= 15 is 0 Å². The molecule has 2 atom stereocenters. The molecule has 1 aromatic carbocycles. The molecular weight excluding hydrogens is 370 g/mol. The van der Waals surface area contributed by atoms with E-state index in [9.17, 15) is 19.7 Å². The number of nitro groups is 1. The fourth-order valence-electron chi connectivity index (χ4n) is 6.31. The van der Waals surface area contributed by atoms with E-state index in [4.69, 9.17) is 0 Å². The molecule has 0 heterocycles. The molecule has 29 heavy (non-hydrogen) atoms. The summed E-state index contributed by atoms with van der Waals surface area (Å²) >= 11 is 0.